The zero-order chi connectivity index (χ0) is 17.5. The van der Waals surface area contributed by atoms with Gasteiger partial charge in [-0.3, -0.25) is 0 Å². The van der Waals surface area contributed by atoms with Gasteiger partial charge in [0.05, 0.1) is 0 Å². The van der Waals surface area contributed by atoms with Crippen LogP contribution in [0.5, 0.6) is 0 Å². The van der Waals surface area contributed by atoms with Gasteiger partial charge < -0.3 is 5.32 Å². The van der Waals surface area contributed by atoms with Gasteiger partial charge in [0.15, 0.2) is 0 Å². The largest absolute Gasteiger partial charge is 0.355 e. The van der Waals surface area contributed by atoms with E-state index in [4.69, 9.17) is 0 Å². The maximum Gasteiger partial charge on any atom is 0.0500 e. The second-order valence-corrected chi connectivity index (χ2v) is 6.78. The van der Waals surface area contributed by atoms with Crippen LogP contribution in [-0.2, 0) is 0 Å². The first-order valence-electron chi connectivity index (χ1n) is 8.97. The lowest BCUT2D eigenvalue weighted by atomic mass is 9.95. The Labute approximate surface area is 152 Å². The van der Waals surface area contributed by atoms with E-state index in [0.717, 1.165) is 5.69 Å². The van der Waals surface area contributed by atoms with E-state index in [9.17, 15) is 0 Å². The summed E-state index contributed by atoms with van der Waals surface area (Å²) in [5, 5.41) is 11.4. The van der Waals surface area contributed by atoms with Crippen LogP contribution in [0.1, 0.15) is 5.56 Å². The number of hydrogen-bond acceptors (Lipinski definition) is 1. The molecule has 1 heteroatoms. The maximum absolute atomic E-state index is 3.70. The number of rotatable bonds is 2. The van der Waals surface area contributed by atoms with E-state index in [2.05, 4.69) is 103 Å². The summed E-state index contributed by atoms with van der Waals surface area (Å²) in [7, 11) is 0. The minimum atomic E-state index is 1.12. The molecule has 0 heterocycles. The van der Waals surface area contributed by atoms with Crippen molar-refractivity contribution in [1.29, 1.82) is 0 Å². The summed E-state index contributed by atoms with van der Waals surface area (Å²) in [6.45, 7) is 2.21. The van der Waals surface area contributed by atoms with E-state index in [0.29, 0.717) is 0 Å². The van der Waals surface area contributed by atoms with Crippen LogP contribution in [0.4, 0.5) is 11.4 Å². The summed E-state index contributed by atoms with van der Waals surface area (Å²) in [4.78, 5) is 0. The zero-order valence-corrected chi connectivity index (χ0v) is 14.7. The SMILES string of the molecule is Cc1c(Nc2ccc3ccccc3c2)c2ccccc2c2ccccc12. The molecule has 124 valence electrons. The predicted molar refractivity (Wildman–Crippen MR) is 113 cm³/mol. The molecule has 0 bridgehead atoms. The van der Waals surface area contributed by atoms with Gasteiger partial charge in [-0.25, -0.2) is 0 Å². The van der Waals surface area contributed by atoms with Crippen LogP contribution in [0.15, 0.2) is 91.0 Å². The summed E-state index contributed by atoms with van der Waals surface area (Å²) in [5.74, 6) is 0. The normalized spacial score (nSPS) is 11.3. The fraction of sp³-hybridized carbons (Fsp3) is 0.0400. The minimum Gasteiger partial charge on any atom is -0.355 e. The molecule has 1 nitrogen and oxygen atoms in total. The second kappa shape index (κ2) is 5.89. The first-order valence-corrected chi connectivity index (χ1v) is 8.97. The van der Waals surface area contributed by atoms with Gasteiger partial charge in [0.25, 0.3) is 0 Å². The highest BCUT2D eigenvalue weighted by atomic mass is 14.9. The Kier molecular flexibility index (Phi) is 3.39. The maximum atomic E-state index is 3.70. The topological polar surface area (TPSA) is 12.0 Å². The molecular weight excluding hydrogens is 314 g/mol. The molecule has 0 amide bonds. The number of hydrogen-bond donors (Lipinski definition) is 1. The molecule has 0 aliphatic rings. The van der Waals surface area contributed by atoms with E-state index < -0.39 is 0 Å². The van der Waals surface area contributed by atoms with Crippen LogP contribution in [-0.4, -0.2) is 0 Å². The molecule has 26 heavy (non-hydrogen) atoms. The van der Waals surface area contributed by atoms with E-state index in [1.807, 2.05) is 0 Å². The Hall–Kier alpha value is -3.32. The molecule has 0 saturated heterocycles. The molecule has 5 aromatic rings. The van der Waals surface area contributed by atoms with Crippen molar-refractivity contribution >= 4 is 43.7 Å². The van der Waals surface area contributed by atoms with Crippen molar-refractivity contribution in [3.8, 4) is 0 Å². The summed E-state index contributed by atoms with van der Waals surface area (Å²) < 4.78 is 0. The number of nitrogens with one attached hydrogen (secondary N) is 1. The third kappa shape index (κ3) is 2.33. The van der Waals surface area contributed by atoms with Crippen molar-refractivity contribution in [1.82, 2.24) is 0 Å². The van der Waals surface area contributed by atoms with Crippen molar-refractivity contribution in [3.05, 3.63) is 96.6 Å². The molecule has 0 atom stereocenters. The number of anilines is 2. The molecule has 0 radical (unpaired) electrons. The van der Waals surface area contributed by atoms with E-state index in [1.54, 1.807) is 0 Å². The van der Waals surface area contributed by atoms with Crippen LogP contribution < -0.4 is 5.32 Å². The van der Waals surface area contributed by atoms with Gasteiger partial charge in [0, 0.05) is 16.8 Å². The van der Waals surface area contributed by atoms with Crippen molar-refractivity contribution in [2.45, 2.75) is 6.92 Å². The monoisotopic (exact) mass is 333 g/mol. The number of aryl methyl sites for hydroxylation is 1. The number of benzene rings is 5. The van der Waals surface area contributed by atoms with Gasteiger partial charge >= 0.3 is 0 Å². The quantitative estimate of drug-likeness (QED) is 0.337. The molecule has 0 aliphatic carbocycles. The van der Waals surface area contributed by atoms with Gasteiger partial charge in [-0.2, -0.15) is 0 Å². The molecule has 0 aliphatic heterocycles. The lowest BCUT2D eigenvalue weighted by molar-refractivity contribution is 1.50. The average Bonchev–Trinajstić information content (AvgIpc) is 2.71. The van der Waals surface area contributed by atoms with Crippen LogP contribution >= 0.6 is 0 Å². The molecule has 5 rings (SSSR count). The average molecular weight is 333 g/mol. The summed E-state index contributed by atoms with van der Waals surface area (Å²) in [6, 6.07) is 32.3. The van der Waals surface area contributed by atoms with Gasteiger partial charge in [-0.05, 0) is 51.6 Å². The lowest BCUT2D eigenvalue weighted by Crippen LogP contribution is -1.96. The highest BCUT2D eigenvalue weighted by Crippen LogP contribution is 2.37. The van der Waals surface area contributed by atoms with Crippen LogP contribution in [0, 0.1) is 6.92 Å². The van der Waals surface area contributed by atoms with Gasteiger partial charge in [-0.1, -0.05) is 78.9 Å². The standard InChI is InChI=1S/C25H19N/c1-17-21-10-4-5-11-22(21)23-12-6-7-13-24(23)25(17)26-20-15-14-18-8-2-3-9-19(18)16-20/h2-16,26H,1H3. The third-order valence-corrected chi connectivity index (χ3v) is 5.21. The van der Waals surface area contributed by atoms with Crippen molar-refractivity contribution in [2.24, 2.45) is 0 Å². The summed E-state index contributed by atoms with van der Waals surface area (Å²) in [5.41, 5.74) is 3.59. The van der Waals surface area contributed by atoms with Crippen LogP contribution in [0.3, 0.4) is 0 Å². The fourth-order valence-corrected chi connectivity index (χ4v) is 3.89. The lowest BCUT2D eigenvalue weighted by Gasteiger charge is -2.17. The van der Waals surface area contributed by atoms with Crippen molar-refractivity contribution < 1.29 is 0 Å². The predicted octanol–water partition coefficient (Wildman–Crippen LogP) is 7.20. The molecular formula is C25H19N. The highest BCUT2D eigenvalue weighted by molar-refractivity contribution is 6.15. The molecule has 0 aromatic heterocycles. The summed E-state index contributed by atoms with van der Waals surface area (Å²) >= 11 is 0. The molecule has 0 spiro atoms. The molecule has 1 N–H and O–H groups in total. The Bertz CT molecular complexity index is 1270. The van der Waals surface area contributed by atoms with Crippen molar-refractivity contribution in [2.75, 3.05) is 5.32 Å². The third-order valence-electron chi connectivity index (χ3n) is 5.21. The first kappa shape index (κ1) is 15.0. The van der Waals surface area contributed by atoms with Crippen LogP contribution in [0.25, 0.3) is 32.3 Å². The minimum absolute atomic E-state index is 1.12. The molecule has 0 unspecified atom stereocenters. The second-order valence-electron chi connectivity index (χ2n) is 6.78. The van der Waals surface area contributed by atoms with Crippen molar-refractivity contribution in [3.63, 3.8) is 0 Å². The zero-order valence-electron chi connectivity index (χ0n) is 14.7. The molecule has 0 saturated carbocycles. The van der Waals surface area contributed by atoms with Crippen LogP contribution in [0.2, 0.25) is 0 Å². The number of fused-ring (bicyclic) bond motifs is 4. The Morgan fingerprint density at radius 1 is 0.538 bits per heavy atom. The van der Waals surface area contributed by atoms with Gasteiger partial charge in [-0.15, -0.1) is 0 Å². The Balaban J connectivity index is 1.75. The smallest absolute Gasteiger partial charge is 0.0500 e. The van der Waals surface area contributed by atoms with E-state index in [1.165, 1.54) is 43.6 Å². The first-order chi connectivity index (χ1) is 12.8. The Morgan fingerprint density at radius 3 is 1.88 bits per heavy atom. The van der Waals surface area contributed by atoms with E-state index in [-0.39, 0.29) is 0 Å². The van der Waals surface area contributed by atoms with E-state index >= 15 is 0 Å². The molecule has 0 fully saturated rings. The van der Waals surface area contributed by atoms with Gasteiger partial charge in [0.1, 0.15) is 0 Å². The van der Waals surface area contributed by atoms with Gasteiger partial charge in [0.2, 0.25) is 0 Å². The highest BCUT2D eigenvalue weighted by Gasteiger charge is 2.11. The fourth-order valence-electron chi connectivity index (χ4n) is 3.89. The Morgan fingerprint density at radius 2 is 1.12 bits per heavy atom. The molecule has 5 aromatic carbocycles. The summed E-state index contributed by atoms with van der Waals surface area (Å²) in [6.07, 6.45) is 0.